The van der Waals surface area contributed by atoms with Gasteiger partial charge in [0, 0.05) is 23.5 Å². The van der Waals surface area contributed by atoms with Crippen LogP contribution in [0.3, 0.4) is 0 Å². The number of amides is 2. The average molecular weight is 488 g/mol. The van der Waals surface area contributed by atoms with Gasteiger partial charge in [0.1, 0.15) is 5.75 Å². The van der Waals surface area contributed by atoms with Crippen molar-refractivity contribution in [1.29, 1.82) is 0 Å². The predicted molar refractivity (Wildman–Crippen MR) is 148 cm³/mol. The van der Waals surface area contributed by atoms with E-state index in [2.05, 4.69) is 22.9 Å². The quantitative estimate of drug-likeness (QED) is 0.210. The van der Waals surface area contributed by atoms with Gasteiger partial charge in [0.25, 0.3) is 0 Å². The number of nitrogens with one attached hydrogen (secondary N) is 3. The molecule has 190 valence electrons. The van der Waals surface area contributed by atoms with Crippen molar-refractivity contribution >= 4 is 28.9 Å². The Morgan fingerprint density at radius 1 is 0.694 bits per heavy atom. The summed E-state index contributed by atoms with van der Waals surface area (Å²) in [5.74, 6) is 0.647. The molecule has 0 unspecified atom stereocenters. The smallest absolute Gasteiger partial charge is 0.243 e. The molecule has 0 aliphatic rings. The Kier molecular flexibility index (Phi) is 11.4. The second-order valence-electron chi connectivity index (χ2n) is 8.80. The minimum Gasteiger partial charge on any atom is -0.494 e. The highest BCUT2D eigenvalue weighted by atomic mass is 16.5. The van der Waals surface area contributed by atoms with Crippen molar-refractivity contribution in [2.45, 2.75) is 51.9 Å². The lowest BCUT2D eigenvalue weighted by Gasteiger charge is -2.10. The molecule has 3 rings (SSSR count). The highest BCUT2D eigenvalue weighted by Crippen LogP contribution is 2.17. The summed E-state index contributed by atoms with van der Waals surface area (Å²) < 4.78 is 5.77. The summed E-state index contributed by atoms with van der Waals surface area (Å²) in [6.45, 7) is 3.07. The van der Waals surface area contributed by atoms with E-state index in [4.69, 9.17) is 4.74 Å². The first-order valence-corrected chi connectivity index (χ1v) is 12.8. The Morgan fingerprint density at radius 2 is 1.31 bits per heavy atom. The van der Waals surface area contributed by atoms with Crippen LogP contribution in [0.1, 0.15) is 51.0 Å². The molecule has 36 heavy (non-hydrogen) atoms. The number of hydrogen-bond acceptors (Lipinski definition) is 4. The maximum atomic E-state index is 12.3. The highest BCUT2D eigenvalue weighted by Gasteiger charge is 2.05. The van der Waals surface area contributed by atoms with Crippen molar-refractivity contribution < 1.29 is 14.3 Å². The highest BCUT2D eigenvalue weighted by molar-refractivity contribution is 5.94. The second kappa shape index (κ2) is 15.2. The third-order valence-corrected chi connectivity index (χ3v) is 5.76. The first-order chi connectivity index (χ1) is 17.6. The van der Waals surface area contributed by atoms with Crippen LogP contribution in [0.4, 0.5) is 17.1 Å². The van der Waals surface area contributed by atoms with Crippen LogP contribution in [0.25, 0.3) is 0 Å². The molecule has 2 amide bonds. The molecule has 0 fully saturated rings. The summed E-state index contributed by atoms with van der Waals surface area (Å²) in [7, 11) is 0. The van der Waals surface area contributed by atoms with Crippen LogP contribution < -0.4 is 20.7 Å². The van der Waals surface area contributed by atoms with Gasteiger partial charge in [0.2, 0.25) is 11.8 Å². The largest absolute Gasteiger partial charge is 0.494 e. The lowest BCUT2D eigenvalue weighted by atomic mass is 10.1. The summed E-state index contributed by atoms with van der Waals surface area (Å²) in [5.41, 5.74) is 3.40. The molecule has 3 aromatic carbocycles. The van der Waals surface area contributed by atoms with Crippen LogP contribution in [0.15, 0.2) is 78.9 Å². The first-order valence-electron chi connectivity index (χ1n) is 12.8. The summed E-state index contributed by atoms with van der Waals surface area (Å²) in [6, 6.07) is 24.7. The summed E-state index contributed by atoms with van der Waals surface area (Å²) in [5, 5.41) is 8.89. The number of carbonyl (C=O) groups excluding carboxylic acids is 2. The van der Waals surface area contributed by atoms with E-state index in [0.717, 1.165) is 41.4 Å². The zero-order valence-electron chi connectivity index (χ0n) is 21.1. The van der Waals surface area contributed by atoms with E-state index in [1.54, 1.807) is 0 Å². The lowest BCUT2D eigenvalue weighted by Crippen LogP contribution is -2.21. The van der Waals surface area contributed by atoms with Crippen molar-refractivity contribution in [3.8, 4) is 5.75 Å². The van der Waals surface area contributed by atoms with Gasteiger partial charge < -0.3 is 20.7 Å². The predicted octanol–water partition coefficient (Wildman–Crippen LogP) is 6.66. The van der Waals surface area contributed by atoms with Crippen molar-refractivity contribution in [3.63, 3.8) is 0 Å². The first kappa shape index (κ1) is 26.8. The third kappa shape index (κ3) is 10.2. The SMILES string of the molecule is CCCCCCCOc1ccc(NC(=O)CNc2ccc(NC(=O)CCc3ccccc3)cc2)cc1. The molecule has 0 aliphatic heterocycles. The van der Waals surface area contributed by atoms with Crippen LogP contribution >= 0.6 is 0 Å². The van der Waals surface area contributed by atoms with Gasteiger partial charge >= 0.3 is 0 Å². The van der Waals surface area contributed by atoms with Crippen LogP contribution in [-0.2, 0) is 16.0 Å². The molecule has 0 atom stereocenters. The Morgan fingerprint density at radius 3 is 2.00 bits per heavy atom. The third-order valence-electron chi connectivity index (χ3n) is 5.76. The number of ether oxygens (including phenoxy) is 1. The fourth-order valence-corrected chi connectivity index (χ4v) is 3.72. The van der Waals surface area contributed by atoms with Crippen molar-refractivity contribution in [3.05, 3.63) is 84.4 Å². The van der Waals surface area contributed by atoms with Crippen molar-refractivity contribution in [2.24, 2.45) is 0 Å². The number of aryl methyl sites for hydroxylation is 1. The van der Waals surface area contributed by atoms with E-state index < -0.39 is 0 Å². The summed E-state index contributed by atoms with van der Waals surface area (Å²) >= 11 is 0. The monoisotopic (exact) mass is 487 g/mol. The van der Waals surface area contributed by atoms with Crippen LogP contribution in [-0.4, -0.2) is 25.0 Å². The molecule has 0 radical (unpaired) electrons. The molecular weight excluding hydrogens is 450 g/mol. The summed E-state index contributed by atoms with van der Waals surface area (Å²) in [6.07, 6.45) is 7.17. The lowest BCUT2D eigenvalue weighted by molar-refractivity contribution is -0.116. The zero-order valence-corrected chi connectivity index (χ0v) is 21.1. The minimum absolute atomic E-state index is 0.0256. The number of anilines is 3. The van der Waals surface area contributed by atoms with Gasteiger partial charge in [-0.15, -0.1) is 0 Å². The van der Waals surface area contributed by atoms with Crippen LogP contribution in [0.5, 0.6) is 5.75 Å². The molecule has 6 nitrogen and oxygen atoms in total. The Balaban J connectivity index is 1.33. The topological polar surface area (TPSA) is 79.5 Å². The molecule has 3 aromatic rings. The van der Waals surface area contributed by atoms with Crippen molar-refractivity contribution in [1.82, 2.24) is 0 Å². The molecule has 0 heterocycles. The van der Waals surface area contributed by atoms with Gasteiger partial charge in [-0.25, -0.2) is 0 Å². The normalized spacial score (nSPS) is 10.5. The number of rotatable bonds is 15. The molecule has 0 saturated heterocycles. The molecule has 0 aromatic heterocycles. The molecule has 0 spiro atoms. The second-order valence-corrected chi connectivity index (χ2v) is 8.80. The Hall–Kier alpha value is -3.80. The molecule has 6 heteroatoms. The zero-order chi connectivity index (χ0) is 25.4. The van der Waals surface area contributed by atoms with Gasteiger partial charge in [0.05, 0.1) is 13.2 Å². The maximum Gasteiger partial charge on any atom is 0.243 e. The van der Waals surface area contributed by atoms with E-state index in [9.17, 15) is 9.59 Å². The Labute approximate surface area is 214 Å². The maximum absolute atomic E-state index is 12.3. The fraction of sp³-hybridized carbons (Fsp3) is 0.333. The van der Waals surface area contributed by atoms with Gasteiger partial charge in [-0.3, -0.25) is 9.59 Å². The van der Waals surface area contributed by atoms with Gasteiger partial charge in [-0.2, -0.15) is 0 Å². The van der Waals surface area contributed by atoms with Crippen LogP contribution in [0, 0.1) is 0 Å². The number of unbranched alkanes of at least 4 members (excludes halogenated alkanes) is 4. The fourth-order valence-electron chi connectivity index (χ4n) is 3.72. The van der Waals surface area contributed by atoms with E-state index >= 15 is 0 Å². The average Bonchev–Trinajstić information content (AvgIpc) is 2.90. The van der Waals surface area contributed by atoms with Crippen LogP contribution in [0.2, 0.25) is 0 Å². The van der Waals surface area contributed by atoms with Gasteiger partial charge in [-0.05, 0) is 66.9 Å². The molecular formula is C30H37N3O3. The van der Waals surface area contributed by atoms with E-state index in [0.29, 0.717) is 12.8 Å². The molecule has 0 bridgehead atoms. The van der Waals surface area contributed by atoms with Gasteiger partial charge in [-0.1, -0.05) is 62.9 Å². The number of hydrogen-bond donors (Lipinski definition) is 3. The number of benzene rings is 3. The molecule has 0 aliphatic carbocycles. The van der Waals surface area contributed by atoms with E-state index in [-0.39, 0.29) is 18.4 Å². The van der Waals surface area contributed by atoms with E-state index in [1.165, 1.54) is 25.7 Å². The number of carbonyl (C=O) groups is 2. The minimum atomic E-state index is -0.141. The van der Waals surface area contributed by atoms with E-state index in [1.807, 2.05) is 78.9 Å². The van der Waals surface area contributed by atoms with Gasteiger partial charge in [0.15, 0.2) is 0 Å². The standard InChI is InChI=1S/C30H37N3O3/c1-2-3-4-5-9-22-36-28-19-17-27(18-20-28)33-30(35)23-31-25-13-15-26(16-14-25)32-29(34)21-12-24-10-7-6-8-11-24/h6-8,10-11,13-20,31H,2-5,9,12,21-23H2,1H3,(H,32,34)(H,33,35). The van der Waals surface area contributed by atoms with Crippen molar-refractivity contribution in [2.75, 3.05) is 29.1 Å². The molecule has 3 N–H and O–H groups in total. The Bertz CT molecular complexity index is 1050. The molecule has 0 saturated carbocycles. The summed E-state index contributed by atoms with van der Waals surface area (Å²) in [4.78, 5) is 24.5.